The predicted molar refractivity (Wildman–Crippen MR) is 155 cm³/mol. The molecule has 200 valence electrons. The average Bonchev–Trinajstić information content (AvgIpc) is 2.92. The molecule has 5 rings (SSSR count). The summed E-state index contributed by atoms with van der Waals surface area (Å²) < 4.78 is 14.7. The van der Waals surface area contributed by atoms with Crippen LogP contribution in [0.1, 0.15) is 35.2 Å². The van der Waals surface area contributed by atoms with E-state index >= 15 is 0 Å². The van der Waals surface area contributed by atoms with E-state index < -0.39 is 10.4 Å². The third-order valence-corrected chi connectivity index (χ3v) is 8.28. The Kier molecular flexibility index (Phi) is 7.46. The lowest BCUT2D eigenvalue weighted by molar-refractivity contribution is 0.0657. The minimum Gasteiger partial charge on any atom is -0.508 e. The number of ether oxygens (including phenoxy) is 1. The van der Waals surface area contributed by atoms with Crippen LogP contribution in [0.2, 0.25) is 0 Å². The molecule has 2 aliphatic rings. The van der Waals surface area contributed by atoms with E-state index in [1.165, 1.54) is 0 Å². The van der Waals surface area contributed by atoms with Crippen LogP contribution in [0.15, 0.2) is 65.2 Å². The smallest absolute Gasteiger partial charge is 0.253 e. The van der Waals surface area contributed by atoms with Crippen LogP contribution >= 0.6 is 10.4 Å². The first-order valence-corrected chi connectivity index (χ1v) is 15.3. The van der Waals surface area contributed by atoms with E-state index in [4.69, 9.17) is 9.13 Å². The first kappa shape index (κ1) is 25.9. The Morgan fingerprint density at radius 2 is 2.05 bits per heavy atom. The lowest BCUT2D eigenvalue weighted by atomic mass is 9.94. The fourth-order valence-corrected chi connectivity index (χ4v) is 6.50. The molecule has 1 amide bonds. The number of pyridine rings is 1. The van der Waals surface area contributed by atoms with Crippen LogP contribution in [0.5, 0.6) is 11.5 Å². The number of anilines is 1. The molecule has 0 aliphatic carbocycles. The molecule has 2 aliphatic heterocycles. The van der Waals surface area contributed by atoms with Crippen LogP contribution in [0.4, 0.5) is 5.69 Å². The zero-order chi connectivity index (χ0) is 26.7. The van der Waals surface area contributed by atoms with Gasteiger partial charge in [-0.25, -0.2) is 4.40 Å². The predicted octanol–water partition coefficient (Wildman–Crippen LogP) is 5.06. The van der Waals surface area contributed by atoms with Crippen LogP contribution < -0.4 is 14.8 Å². The monoisotopic (exact) mass is 533 g/mol. The zero-order valence-corrected chi connectivity index (χ0v) is 22.9. The summed E-state index contributed by atoms with van der Waals surface area (Å²) in [6.45, 7) is 2.03. The van der Waals surface area contributed by atoms with Crippen molar-refractivity contribution in [2.45, 2.75) is 19.3 Å². The van der Waals surface area contributed by atoms with Crippen LogP contribution in [-0.2, 0) is 0 Å². The number of rotatable bonds is 6. The van der Waals surface area contributed by atoms with Crippen LogP contribution in [0.25, 0.3) is 11.3 Å². The van der Waals surface area contributed by atoms with Gasteiger partial charge in [-0.3, -0.25) is 9.78 Å². The number of benzene rings is 2. The maximum absolute atomic E-state index is 13.4. The molecule has 3 aromatic rings. The number of fused-ring (bicyclic) bond motifs is 1. The van der Waals surface area contributed by atoms with Crippen molar-refractivity contribution in [3.63, 3.8) is 0 Å². The molecule has 38 heavy (non-hydrogen) atoms. The number of carbonyl (C=O) groups is 1. The summed E-state index contributed by atoms with van der Waals surface area (Å²) in [6, 6.07) is 16.6. The van der Waals surface area contributed by atoms with Crippen molar-refractivity contribution >= 4 is 27.8 Å². The van der Waals surface area contributed by atoms with E-state index in [1.54, 1.807) is 36.5 Å². The lowest BCUT2D eigenvalue weighted by Crippen LogP contribution is -2.40. The summed E-state index contributed by atoms with van der Waals surface area (Å²) in [5.41, 5.74) is 4.08. The van der Waals surface area contributed by atoms with Crippen molar-refractivity contribution in [3.05, 3.63) is 71.9 Å². The molecule has 1 atom stereocenters. The van der Waals surface area contributed by atoms with Gasteiger partial charge in [-0.05, 0) is 61.6 Å². The highest BCUT2D eigenvalue weighted by Gasteiger charge is 2.27. The van der Waals surface area contributed by atoms with E-state index in [0.717, 1.165) is 54.2 Å². The van der Waals surface area contributed by atoms with Gasteiger partial charge in [-0.15, -0.1) is 0 Å². The second-order valence-corrected chi connectivity index (χ2v) is 13.1. The largest absolute Gasteiger partial charge is 0.508 e. The number of aromatic hydroxyl groups is 1. The Morgan fingerprint density at radius 3 is 2.87 bits per heavy atom. The third-order valence-electron chi connectivity index (χ3n) is 6.92. The first-order chi connectivity index (χ1) is 18.3. The summed E-state index contributed by atoms with van der Waals surface area (Å²) in [4.78, 5) is 19.7. The molecule has 0 bridgehead atoms. The number of amidine groups is 1. The minimum atomic E-state index is -1.30. The van der Waals surface area contributed by atoms with E-state index in [-0.39, 0.29) is 11.7 Å². The molecule has 3 heterocycles. The van der Waals surface area contributed by atoms with Crippen molar-refractivity contribution in [1.29, 1.82) is 0 Å². The standard InChI is InChI=1S/C29H35N5O3S/c1-30-28-27-24(32-38(2,3)33-28)10-5-11-26(27)37-16-13-20-7-6-15-34(19-20)29(36)22-12-14-31-25(18-22)21-8-4-9-23(35)17-21/h4-5,8-12,14,17-18,20,32,35H,6-7,13,15-16,19H2,1-3H3,(H,30,33). The van der Waals surface area contributed by atoms with E-state index in [1.807, 2.05) is 30.1 Å². The molecule has 2 aromatic carbocycles. The van der Waals surface area contributed by atoms with Crippen molar-refractivity contribution in [2.24, 2.45) is 10.3 Å². The number of piperidine rings is 1. The Bertz CT molecular complexity index is 1360. The van der Waals surface area contributed by atoms with E-state index in [0.29, 0.717) is 30.3 Å². The van der Waals surface area contributed by atoms with Gasteiger partial charge in [0.05, 0.1) is 23.6 Å². The highest BCUT2D eigenvalue weighted by Crippen LogP contribution is 2.48. The van der Waals surface area contributed by atoms with Crippen molar-refractivity contribution in [3.8, 4) is 22.8 Å². The van der Waals surface area contributed by atoms with Crippen molar-refractivity contribution < 1.29 is 14.6 Å². The molecule has 8 nitrogen and oxygen atoms in total. The molecule has 0 saturated carbocycles. The topological polar surface area (TPSA) is 99.1 Å². The second kappa shape index (κ2) is 10.9. The quantitative estimate of drug-likeness (QED) is 0.410. The van der Waals surface area contributed by atoms with Gasteiger partial charge >= 0.3 is 0 Å². The normalized spacial score (nSPS) is 19.0. The molecule has 1 aromatic heterocycles. The zero-order valence-electron chi connectivity index (χ0n) is 22.1. The summed E-state index contributed by atoms with van der Waals surface area (Å²) >= 11 is 0. The molecule has 3 N–H and O–H groups in total. The SMILES string of the molecule is CNC1=NS(C)(C)Nc2cccc(OCCC3CCCN(C(=O)c4ccnc(-c5cccc(O)c5)c4)C3)c21. The number of nitrogens with zero attached hydrogens (tertiary/aromatic N) is 3. The molecule has 1 saturated heterocycles. The van der Waals surface area contributed by atoms with Crippen molar-refractivity contribution in [2.75, 3.05) is 44.0 Å². The molecule has 0 spiro atoms. The Morgan fingerprint density at radius 1 is 1.21 bits per heavy atom. The first-order valence-electron chi connectivity index (χ1n) is 12.9. The van der Waals surface area contributed by atoms with Crippen LogP contribution in [0.3, 0.4) is 0 Å². The fraction of sp³-hybridized carbons (Fsp3) is 0.345. The summed E-state index contributed by atoms with van der Waals surface area (Å²) in [5, 5.41) is 13.0. The number of phenols is 1. The highest BCUT2D eigenvalue weighted by atomic mass is 32.3. The summed E-state index contributed by atoms with van der Waals surface area (Å²) in [7, 11) is 0.590. The Balaban J connectivity index is 1.22. The van der Waals surface area contributed by atoms with Gasteiger partial charge in [-0.2, -0.15) is 0 Å². The number of carbonyl (C=O) groups excluding carboxylic acids is 1. The molecule has 9 heteroatoms. The van der Waals surface area contributed by atoms with E-state index in [2.05, 4.69) is 33.6 Å². The van der Waals surface area contributed by atoms with Gasteiger partial charge in [0.25, 0.3) is 5.91 Å². The number of phenolic OH excluding ortho intramolecular Hbond substituents is 1. The summed E-state index contributed by atoms with van der Waals surface area (Å²) in [5.74, 6) is 2.24. The third kappa shape index (κ3) is 5.72. The van der Waals surface area contributed by atoms with Crippen LogP contribution in [-0.4, -0.2) is 66.0 Å². The van der Waals surface area contributed by atoms with Gasteiger partial charge in [0.15, 0.2) is 0 Å². The lowest BCUT2D eigenvalue weighted by Gasteiger charge is -2.35. The number of hydrogen-bond acceptors (Lipinski definition) is 7. The minimum absolute atomic E-state index is 0.0163. The van der Waals surface area contributed by atoms with Crippen molar-refractivity contribution in [1.82, 2.24) is 15.2 Å². The Labute approximate surface area is 225 Å². The van der Waals surface area contributed by atoms with Crippen LogP contribution in [0, 0.1) is 5.92 Å². The number of likely N-dealkylation sites (tertiary alicyclic amines) is 1. The fourth-order valence-electron chi connectivity index (χ4n) is 5.11. The number of nitrogens with one attached hydrogen (secondary N) is 2. The van der Waals surface area contributed by atoms with Gasteiger partial charge in [-0.1, -0.05) is 28.6 Å². The molecule has 0 radical (unpaired) electrons. The van der Waals surface area contributed by atoms with Gasteiger partial charge in [0.2, 0.25) is 0 Å². The van der Waals surface area contributed by atoms with Gasteiger partial charge in [0, 0.05) is 50.0 Å². The van der Waals surface area contributed by atoms with E-state index in [9.17, 15) is 9.90 Å². The average molecular weight is 534 g/mol. The summed E-state index contributed by atoms with van der Waals surface area (Å²) in [6.07, 6.45) is 8.82. The number of aromatic nitrogens is 1. The maximum Gasteiger partial charge on any atom is 0.253 e. The van der Waals surface area contributed by atoms with Gasteiger partial charge in [0.1, 0.15) is 17.3 Å². The maximum atomic E-state index is 13.4. The molecular formula is C29H35N5O3S. The number of hydrogen-bond donors (Lipinski definition) is 3. The Hall–Kier alpha value is -3.72. The highest BCUT2D eigenvalue weighted by molar-refractivity contribution is 8.32. The number of amides is 1. The molecule has 1 fully saturated rings. The second-order valence-electron chi connectivity index (χ2n) is 10.1. The molecule has 1 unspecified atom stereocenters. The van der Waals surface area contributed by atoms with Gasteiger partial charge < -0.3 is 24.8 Å². The molecular weight excluding hydrogens is 498 g/mol.